The van der Waals surface area contributed by atoms with Crippen LogP contribution >= 0.6 is 0 Å². The maximum absolute atomic E-state index is 13.2. The van der Waals surface area contributed by atoms with Crippen molar-refractivity contribution in [3.63, 3.8) is 0 Å². The third kappa shape index (κ3) is 3.53. The van der Waals surface area contributed by atoms with Gasteiger partial charge in [-0.2, -0.15) is 0 Å². The first-order chi connectivity index (χ1) is 8.87. The van der Waals surface area contributed by atoms with E-state index in [9.17, 15) is 14.3 Å². The lowest BCUT2D eigenvalue weighted by Gasteiger charge is -2.21. The molecule has 104 valence electrons. The van der Waals surface area contributed by atoms with E-state index in [0.29, 0.717) is 12.0 Å². The van der Waals surface area contributed by atoms with Gasteiger partial charge in [0.25, 0.3) is 0 Å². The normalized spacial score (nSPS) is 23.2. The van der Waals surface area contributed by atoms with E-state index in [1.54, 1.807) is 12.1 Å². The Hall–Kier alpha value is -1.42. The van der Waals surface area contributed by atoms with E-state index in [1.165, 1.54) is 12.1 Å². The number of carbonyl (C=O) groups is 1. The van der Waals surface area contributed by atoms with Crippen LogP contribution in [0, 0.1) is 5.82 Å². The van der Waals surface area contributed by atoms with Gasteiger partial charge in [0.2, 0.25) is 0 Å². The van der Waals surface area contributed by atoms with Crippen molar-refractivity contribution in [1.82, 2.24) is 0 Å². The average molecular weight is 266 g/mol. The minimum absolute atomic E-state index is 0.0700. The van der Waals surface area contributed by atoms with Gasteiger partial charge in [-0.15, -0.1) is 0 Å². The zero-order valence-electron chi connectivity index (χ0n) is 11.2. The second-order valence-electron chi connectivity index (χ2n) is 5.72. The molecule has 0 bridgehead atoms. The van der Waals surface area contributed by atoms with Gasteiger partial charge in [0.15, 0.2) is 0 Å². The summed E-state index contributed by atoms with van der Waals surface area (Å²) in [5.41, 5.74) is 0.316. The lowest BCUT2D eigenvalue weighted by Crippen LogP contribution is -2.23. The van der Waals surface area contributed by atoms with E-state index in [2.05, 4.69) is 0 Å². The Morgan fingerprint density at radius 2 is 2.32 bits per heavy atom. The van der Waals surface area contributed by atoms with Gasteiger partial charge in [-0.1, -0.05) is 12.1 Å². The quantitative estimate of drug-likeness (QED) is 0.909. The topological polar surface area (TPSA) is 46.5 Å². The largest absolute Gasteiger partial charge is 0.481 e. The molecule has 1 aromatic carbocycles. The summed E-state index contributed by atoms with van der Waals surface area (Å²) < 4.78 is 19.0. The first-order valence-corrected chi connectivity index (χ1v) is 6.53. The minimum Gasteiger partial charge on any atom is -0.481 e. The molecule has 1 aromatic rings. The molecule has 2 unspecified atom stereocenters. The molecule has 1 aliphatic rings. The molecule has 0 amide bonds. The third-order valence-electron chi connectivity index (χ3n) is 3.60. The number of carboxylic acids is 1. The second kappa shape index (κ2) is 5.29. The van der Waals surface area contributed by atoms with Crippen molar-refractivity contribution in [2.75, 3.05) is 0 Å². The van der Waals surface area contributed by atoms with Crippen LogP contribution in [0.5, 0.6) is 0 Å². The molecule has 19 heavy (non-hydrogen) atoms. The van der Waals surface area contributed by atoms with Gasteiger partial charge >= 0.3 is 5.97 Å². The number of ether oxygens (including phenoxy) is 1. The summed E-state index contributed by atoms with van der Waals surface area (Å²) in [6.07, 6.45) is 2.10. The summed E-state index contributed by atoms with van der Waals surface area (Å²) in [4.78, 5) is 11.4. The summed E-state index contributed by atoms with van der Waals surface area (Å²) >= 11 is 0. The highest BCUT2D eigenvalue weighted by Crippen LogP contribution is 2.35. The van der Waals surface area contributed by atoms with Crippen LogP contribution in [0.25, 0.3) is 0 Å². The molecule has 0 spiro atoms. The van der Waals surface area contributed by atoms with Crippen molar-refractivity contribution in [3.05, 3.63) is 35.6 Å². The number of carboxylic acid groups (broad SMARTS) is 1. The van der Waals surface area contributed by atoms with Gasteiger partial charge in [0, 0.05) is 0 Å². The number of aliphatic carboxylic acids is 1. The van der Waals surface area contributed by atoms with Crippen LogP contribution in [0.3, 0.4) is 0 Å². The Morgan fingerprint density at radius 1 is 1.58 bits per heavy atom. The number of halogens is 1. The van der Waals surface area contributed by atoms with Gasteiger partial charge in [0.1, 0.15) is 5.82 Å². The summed E-state index contributed by atoms with van der Waals surface area (Å²) in [6, 6.07) is 5.80. The van der Waals surface area contributed by atoms with Crippen LogP contribution in [0.1, 0.15) is 44.6 Å². The van der Waals surface area contributed by atoms with Gasteiger partial charge < -0.3 is 9.84 Å². The minimum atomic E-state index is -0.932. The van der Waals surface area contributed by atoms with E-state index in [-0.39, 0.29) is 11.7 Å². The van der Waals surface area contributed by atoms with Crippen molar-refractivity contribution in [3.8, 4) is 0 Å². The third-order valence-corrected chi connectivity index (χ3v) is 3.60. The van der Waals surface area contributed by atoms with Crippen molar-refractivity contribution >= 4 is 5.97 Å². The van der Waals surface area contributed by atoms with E-state index < -0.39 is 17.7 Å². The molecule has 1 fully saturated rings. The fraction of sp³-hybridized carbons (Fsp3) is 0.533. The molecular formula is C15H19FO3. The summed E-state index contributed by atoms with van der Waals surface area (Å²) in [5, 5.41) is 9.33. The van der Waals surface area contributed by atoms with Crippen molar-refractivity contribution in [1.29, 1.82) is 0 Å². The van der Waals surface area contributed by atoms with Crippen molar-refractivity contribution in [2.24, 2.45) is 0 Å². The van der Waals surface area contributed by atoms with Crippen LogP contribution in [-0.4, -0.2) is 22.8 Å². The average Bonchev–Trinajstić information content (AvgIpc) is 2.65. The molecule has 0 aromatic heterocycles. The zero-order valence-corrected chi connectivity index (χ0v) is 11.2. The van der Waals surface area contributed by atoms with Gasteiger partial charge in [-0.3, -0.25) is 4.79 Å². The van der Waals surface area contributed by atoms with E-state index in [0.717, 1.165) is 12.8 Å². The lowest BCUT2D eigenvalue weighted by molar-refractivity contribution is -0.140. The van der Waals surface area contributed by atoms with Crippen molar-refractivity contribution < 1.29 is 19.0 Å². The number of benzene rings is 1. The molecular weight excluding hydrogens is 247 g/mol. The Balaban J connectivity index is 2.12. The van der Waals surface area contributed by atoms with E-state index in [4.69, 9.17) is 4.74 Å². The van der Waals surface area contributed by atoms with Crippen molar-refractivity contribution in [2.45, 2.75) is 50.7 Å². The van der Waals surface area contributed by atoms with Gasteiger partial charge in [-0.25, -0.2) is 4.39 Å². The summed E-state index contributed by atoms with van der Waals surface area (Å²) in [5.74, 6) is -2.05. The maximum atomic E-state index is 13.2. The maximum Gasteiger partial charge on any atom is 0.311 e. The fourth-order valence-corrected chi connectivity index (χ4v) is 2.61. The summed E-state index contributed by atoms with van der Waals surface area (Å²) in [6.45, 7) is 4.01. The molecule has 4 heteroatoms. The highest BCUT2D eigenvalue weighted by molar-refractivity contribution is 5.76. The Labute approximate surface area is 112 Å². The lowest BCUT2D eigenvalue weighted by atomic mass is 9.92. The Morgan fingerprint density at radius 3 is 2.84 bits per heavy atom. The molecule has 2 rings (SSSR count). The van der Waals surface area contributed by atoms with E-state index >= 15 is 0 Å². The Kier molecular flexibility index (Phi) is 3.90. The fourth-order valence-electron chi connectivity index (χ4n) is 2.61. The molecule has 1 heterocycles. The number of hydrogen-bond donors (Lipinski definition) is 1. The number of rotatable bonds is 4. The van der Waals surface area contributed by atoms with Crippen LogP contribution < -0.4 is 0 Å². The van der Waals surface area contributed by atoms with Gasteiger partial charge in [-0.05, 0) is 50.8 Å². The highest BCUT2D eigenvalue weighted by Gasteiger charge is 2.35. The first-order valence-electron chi connectivity index (χ1n) is 6.53. The smallest absolute Gasteiger partial charge is 0.311 e. The van der Waals surface area contributed by atoms with Crippen LogP contribution in [0.15, 0.2) is 24.3 Å². The number of hydrogen-bond acceptors (Lipinski definition) is 2. The van der Waals surface area contributed by atoms with Gasteiger partial charge in [0.05, 0.1) is 17.6 Å². The highest BCUT2D eigenvalue weighted by atomic mass is 19.1. The SMILES string of the molecule is CC1(C)CCC(CC(C(=O)O)c2cccc(F)c2)O1. The van der Waals surface area contributed by atoms with Crippen LogP contribution in [-0.2, 0) is 9.53 Å². The molecule has 1 aliphatic heterocycles. The van der Waals surface area contributed by atoms with E-state index in [1.807, 2.05) is 13.8 Å². The first kappa shape index (κ1) is 14.0. The standard InChI is InChI=1S/C15H19FO3/c1-15(2)7-6-12(19-15)9-13(14(17)18)10-4-3-5-11(16)8-10/h3-5,8,12-13H,6-7,9H2,1-2H3,(H,17,18). The second-order valence-corrected chi connectivity index (χ2v) is 5.72. The molecule has 0 radical (unpaired) electrons. The molecule has 2 atom stereocenters. The predicted molar refractivity (Wildman–Crippen MR) is 69.6 cm³/mol. The van der Waals surface area contributed by atoms with Crippen LogP contribution in [0.4, 0.5) is 4.39 Å². The predicted octanol–water partition coefficient (Wildman–Crippen LogP) is 3.34. The molecule has 1 saturated heterocycles. The monoisotopic (exact) mass is 266 g/mol. The molecule has 0 saturated carbocycles. The van der Waals surface area contributed by atoms with Crippen LogP contribution in [0.2, 0.25) is 0 Å². The Bertz CT molecular complexity index is 470. The molecule has 1 N–H and O–H groups in total. The zero-order chi connectivity index (χ0) is 14.0. The molecule has 0 aliphatic carbocycles. The summed E-state index contributed by atoms with van der Waals surface area (Å²) in [7, 11) is 0. The molecule has 3 nitrogen and oxygen atoms in total.